The summed E-state index contributed by atoms with van der Waals surface area (Å²) in [5, 5.41) is 11.2. The molecule has 0 spiro atoms. The number of nitrogens with two attached hydrogens (primary N) is 2. The second-order valence-corrected chi connectivity index (χ2v) is 11.0. The van der Waals surface area contributed by atoms with Crippen LogP contribution in [0.5, 0.6) is 5.75 Å². The molecule has 44 heavy (non-hydrogen) atoms. The Morgan fingerprint density at radius 3 is 2.07 bits per heavy atom. The van der Waals surface area contributed by atoms with E-state index in [1.165, 1.54) is 36.3 Å². The molecule has 3 aromatic rings. The van der Waals surface area contributed by atoms with Gasteiger partial charge in [-0.1, -0.05) is 38.1 Å². The molecule has 10 heteroatoms. The molecule has 3 aromatic carbocycles. The molecule has 0 aromatic heterocycles. The smallest absolute Gasteiger partial charge is 0.254 e. The molecule has 0 radical (unpaired) electrons. The molecule has 0 unspecified atom stereocenters. The van der Waals surface area contributed by atoms with E-state index in [0.29, 0.717) is 30.0 Å². The molecule has 0 saturated carbocycles. The zero-order valence-corrected chi connectivity index (χ0v) is 25.9. The van der Waals surface area contributed by atoms with Crippen LogP contribution in [0, 0.1) is 12.7 Å². The van der Waals surface area contributed by atoms with Gasteiger partial charge in [0, 0.05) is 48.9 Å². The molecule has 0 heterocycles. The van der Waals surface area contributed by atoms with E-state index < -0.39 is 24.0 Å². The maximum Gasteiger partial charge on any atom is 0.254 e. The van der Waals surface area contributed by atoms with Crippen molar-refractivity contribution in [3.63, 3.8) is 0 Å². The summed E-state index contributed by atoms with van der Waals surface area (Å²) in [6, 6.07) is 15.3. The fourth-order valence-electron chi connectivity index (χ4n) is 4.98. The van der Waals surface area contributed by atoms with Gasteiger partial charge in [0.1, 0.15) is 11.6 Å². The van der Waals surface area contributed by atoms with Crippen LogP contribution in [0.15, 0.2) is 60.7 Å². The van der Waals surface area contributed by atoms with Gasteiger partial charge in [-0.2, -0.15) is 0 Å². The van der Waals surface area contributed by atoms with Crippen molar-refractivity contribution in [2.24, 2.45) is 11.5 Å². The average Bonchev–Trinajstić information content (AvgIpc) is 3.01. The molecule has 9 nitrogen and oxygen atoms in total. The number of rotatable bonds is 15. The third-order valence-electron chi connectivity index (χ3n) is 7.39. The lowest BCUT2D eigenvalue weighted by molar-refractivity contribution is 0.0554. The topological polar surface area (TPSA) is 139 Å². The Morgan fingerprint density at radius 1 is 0.886 bits per heavy atom. The van der Waals surface area contributed by atoms with Crippen molar-refractivity contribution in [1.82, 2.24) is 9.80 Å². The van der Waals surface area contributed by atoms with E-state index in [2.05, 4.69) is 0 Å². The van der Waals surface area contributed by atoms with Gasteiger partial charge >= 0.3 is 0 Å². The van der Waals surface area contributed by atoms with E-state index in [1.807, 2.05) is 19.9 Å². The summed E-state index contributed by atoms with van der Waals surface area (Å²) >= 11 is 0. The number of halogens is 1. The van der Waals surface area contributed by atoms with Gasteiger partial charge in [0.15, 0.2) is 0 Å². The molecule has 0 fully saturated rings. The van der Waals surface area contributed by atoms with Gasteiger partial charge < -0.3 is 31.1 Å². The fraction of sp³-hybridized carbons (Fsp3) is 0.382. The van der Waals surface area contributed by atoms with Crippen molar-refractivity contribution in [2.75, 3.05) is 26.7 Å². The van der Waals surface area contributed by atoms with Crippen LogP contribution in [0.4, 0.5) is 4.39 Å². The lowest BCUT2D eigenvalue weighted by atomic mass is 9.99. The minimum absolute atomic E-state index is 0.0205. The molecular weight excluding hydrogens is 563 g/mol. The van der Waals surface area contributed by atoms with Crippen molar-refractivity contribution in [1.29, 1.82) is 0 Å². The number of nitrogens with zero attached hydrogens (tertiary/aromatic N) is 2. The molecule has 0 aliphatic carbocycles. The molecule has 0 aliphatic heterocycles. The van der Waals surface area contributed by atoms with Crippen molar-refractivity contribution in [2.45, 2.75) is 58.7 Å². The Labute approximate surface area is 258 Å². The van der Waals surface area contributed by atoms with E-state index in [1.54, 1.807) is 42.2 Å². The minimum atomic E-state index is -1.18. The van der Waals surface area contributed by atoms with Gasteiger partial charge in [0.25, 0.3) is 11.8 Å². The predicted octanol–water partition coefficient (Wildman–Crippen LogP) is 4.08. The number of hydrogen-bond acceptors (Lipinski definition) is 6. The van der Waals surface area contributed by atoms with Crippen molar-refractivity contribution < 1.29 is 28.6 Å². The SMILES string of the molecule is CCCN(CCC)C(=O)c1cc(C(N)=O)cc(C(=O)N(Cc2cccc(OC)c2)C[C@@H](O)[C@@H](N)Cc2ccc(C)c(F)c2)c1. The summed E-state index contributed by atoms with van der Waals surface area (Å²) in [6.45, 7) is 6.53. The Bertz CT molecular complexity index is 1460. The monoisotopic (exact) mass is 606 g/mol. The first-order valence-corrected chi connectivity index (χ1v) is 14.8. The summed E-state index contributed by atoms with van der Waals surface area (Å²) in [7, 11) is 1.53. The standard InChI is InChI=1S/C34H43FN4O5/c1-5-12-38(13-6-2)33(42)26-17-25(32(37)41)18-27(19-26)34(43)39(20-24-8-7-9-28(14-24)44-4)21-31(40)30(36)16-23-11-10-22(3)29(35)15-23/h7-11,14-15,17-19,30-31,40H,5-6,12-13,16,20-21,36H2,1-4H3,(H2,37,41)/t30-,31+/m0/s1. The van der Waals surface area contributed by atoms with Crippen LogP contribution in [-0.2, 0) is 13.0 Å². The molecule has 236 valence electrons. The highest BCUT2D eigenvalue weighted by atomic mass is 19.1. The highest BCUT2D eigenvalue weighted by Gasteiger charge is 2.26. The van der Waals surface area contributed by atoms with Gasteiger partial charge in [0.2, 0.25) is 5.91 Å². The van der Waals surface area contributed by atoms with E-state index in [4.69, 9.17) is 16.2 Å². The summed E-state index contributed by atoms with van der Waals surface area (Å²) < 4.78 is 19.5. The Kier molecular flexibility index (Phi) is 12.4. The summed E-state index contributed by atoms with van der Waals surface area (Å²) in [6.07, 6.45) is 0.489. The molecule has 5 N–H and O–H groups in total. The Morgan fingerprint density at radius 2 is 1.50 bits per heavy atom. The quantitative estimate of drug-likeness (QED) is 0.238. The van der Waals surface area contributed by atoms with E-state index >= 15 is 0 Å². The highest BCUT2D eigenvalue weighted by Crippen LogP contribution is 2.20. The van der Waals surface area contributed by atoms with Crippen LogP contribution >= 0.6 is 0 Å². The number of amides is 3. The van der Waals surface area contributed by atoms with Crippen LogP contribution in [-0.4, -0.2) is 71.5 Å². The first kappa shape index (κ1) is 34.2. The molecule has 0 aliphatic rings. The lowest BCUT2D eigenvalue weighted by Gasteiger charge is -2.29. The van der Waals surface area contributed by atoms with Crippen molar-refractivity contribution >= 4 is 17.7 Å². The number of carbonyl (C=O) groups is 3. The number of carbonyl (C=O) groups excluding carboxylic acids is 3. The van der Waals surface area contributed by atoms with Crippen LogP contribution in [0.3, 0.4) is 0 Å². The largest absolute Gasteiger partial charge is 0.497 e. The number of primary amides is 1. The summed E-state index contributed by atoms with van der Waals surface area (Å²) in [5.41, 5.74) is 14.0. The first-order valence-electron chi connectivity index (χ1n) is 14.8. The third-order valence-corrected chi connectivity index (χ3v) is 7.39. The number of aliphatic hydroxyl groups is 1. The third kappa shape index (κ3) is 9.11. The van der Waals surface area contributed by atoms with E-state index in [0.717, 1.165) is 18.4 Å². The number of hydrogen-bond donors (Lipinski definition) is 3. The molecular formula is C34H43FN4O5. The molecule has 3 rings (SSSR count). The van der Waals surface area contributed by atoms with Crippen LogP contribution in [0.2, 0.25) is 0 Å². The van der Waals surface area contributed by atoms with Crippen LogP contribution in [0.1, 0.15) is 74.5 Å². The number of aryl methyl sites for hydroxylation is 1. The fourth-order valence-corrected chi connectivity index (χ4v) is 4.98. The Balaban J connectivity index is 1.98. The van der Waals surface area contributed by atoms with Crippen LogP contribution < -0.4 is 16.2 Å². The number of aliphatic hydroxyl groups excluding tert-OH is 1. The number of benzene rings is 3. The van der Waals surface area contributed by atoms with E-state index in [-0.39, 0.29) is 47.9 Å². The van der Waals surface area contributed by atoms with Gasteiger partial charge in [-0.15, -0.1) is 0 Å². The van der Waals surface area contributed by atoms with Crippen molar-refractivity contribution in [3.05, 3.63) is 99.9 Å². The second-order valence-electron chi connectivity index (χ2n) is 11.0. The minimum Gasteiger partial charge on any atom is -0.497 e. The normalized spacial score (nSPS) is 12.3. The highest BCUT2D eigenvalue weighted by molar-refractivity contribution is 6.04. The first-order chi connectivity index (χ1) is 21.0. The summed E-state index contributed by atoms with van der Waals surface area (Å²) in [4.78, 5) is 42.9. The molecule has 2 atom stereocenters. The zero-order valence-electron chi connectivity index (χ0n) is 25.9. The van der Waals surface area contributed by atoms with Crippen LogP contribution in [0.25, 0.3) is 0 Å². The molecule has 0 bridgehead atoms. The van der Waals surface area contributed by atoms with Gasteiger partial charge in [-0.25, -0.2) is 4.39 Å². The second kappa shape index (κ2) is 16.0. The van der Waals surface area contributed by atoms with Crippen molar-refractivity contribution in [3.8, 4) is 5.75 Å². The number of ether oxygens (including phenoxy) is 1. The predicted molar refractivity (Wildman–Crippen MR) is 168 cm³/mol. The summed E-state index contributed by atoms with van der Waals surface area (Å²) in [5.74, 6) is -1.40. The average molecular weight is 607 g/mol. The maximum atomic E-state index is 14.1. The molecule has 3 amide bonds. The van der Waals surface area contributed by atoms with Gasteiger partial charge in [0.05, 0.1) is 13.2 Å². The van der Waals surface area contributed by atoms with Gasteiger partial charge in [-0.3, -0.25) is 14.4 Å². The lowest BCUT2D eigenvalue weighted by Crippen LogP contribution is -2.46. The maximum absolute atomic E-state index is 14.1. The van der Waals surface area contributed by atoms with Gasteiger partial charge in [-0.05, 0) is 79.3 Å². The Hall–Kier alpha value is -4.28. The molecule has 0 saturated heterocycles. The number of methoxy groups -OCH3 is 1. The zero-order chi connectivity index (χ0) is 32.4. The van der Waals surface area contributed by atoms with E-state index in [9.17, 15) is 23.9 Å².